The van der Waals surface area contributed by atoms with Gasteiger partial charge in [-0.05, 0) is 19.2 Å². The Labute approximate surface area is 56.0 Å². The smallest absolute Gasteiger partial charge is 0.0618 e. The van der Waals surface area contributed by atoms with Crippen molar-refractivity contribution in [1.29, 1.82) is 0 Å². The zero-order valence-electron chi connectivity index (χ0n) is 5.09. The van der Waals surface area contributed by atoms with Gasteiger partial charge in [-0.2, -0.15) is 0 Å². The largest absolute Gasteiger partial charge is 0.378 e. The zero-order chi connectivity index (χ0) is 6.41. The standard InChI is InChI=1S/C6H11OS/c1-3-7-6(2)4-5-8/h5-6H,2-4H2,1H3. The topological polar surface area (TPSA) is 9.23 Å². The third-order valence-corrected chi connectivity index (χ3v) is 0.954. The highest BCUT2D eigenvalue weighted by Gasteiger charge is 1.94. The van der Waals surface area contributed by atoms with Gasteiger partial charge in [0.05, 0.1) is 6.10 Å². The van der Waals surface area contributed by atoms with E-state index in [0.717, 1.165) is 13.0 Å². The first kappa shape index (κ1) is 8.05. The van der Waals surface area contributed by atoms with Crippen molar-refractivity contribution in [2.75, 3.05) is 6.61 Å². The molecular formula is C6H11OS. The molecule has 2 heteroatoms. The second-order valence-electron chi connectivity index (χ2n) is 1.48. The lowest BCUT2D eigenvalue weighted by atomic mass is 10.3. The zero-order valence-corrected chi connectivity index (χ0v) is 5.91. The minimum absolute atomic E-state index is 0.0532. The molecule has 0 N–H and O–H groups in total. The highest BCUT2D eigenvalue weighted by atomic mass is 32.1. The van der Waals surface area contributed by atoms with Crippen molar-refractivity contribution in [2.45, 2.75) is 19.4 Å². The monoisotopic (exact) mass is 131 g/mol. The Morgan fingerprint density at radius 1 is 1.88 bits per heavy atom. The van der Waals surface area contributed by atoms with Gasteiger partial charge in [-0.25, -0.2) is 0 Å². The Hall–Kier alpha value is 0.0500. The molecule has 0 aromatic carbocycles. The quantitative estimate of drug-likeness (QED) is 0.536. The van der Waals surface area contributed by atoms with Gasteiger partial charge in [0.25, 0.3) is 0 Å². The average Bonchev–Trinajstić information content (AvgIpc) is 1.68. The summed E-state index contributed by atoms with van der Waals surface area (Å²) in [6.45, 7) is 6.36. The lowest BCUT2D eigenvalue weighted by molar-refractivity contribution is 0.101. The van der Waals surface area contributed by atoms with Gasteiger partial charge in [-0.15, -0.1) is 0 Å². The van der Waals surface area contributed by atoms with Crippen LogP contribution < -0.4 is 0 Å². The molecule has 1 nitrogen and oxygen atoms in total. The molecule has 0 aromatic heterocycles. The van der Waals surface area contributed by atoms with Crippen LogP contribution in [0.25, 0.3) is 0 Å². The van der Waals surface area contributed by atoms with Crippen LogP contribution >= 0.6 is 12.2 Å². The molecule has 0 aliphatic rings. The minimum Gasteiger partial charge on any atom is -0.378 e. The Balaban J connectivity index is 3.03. The molecule has 0 spiro atoms. The van der Waals surface area contributed by atoms with Gasteiger partial charge >= 0.3 is 0 Å². The van der Waals surface area contributed by atoms with Crippen LogP contribution in [0.4, 0.5) is 0 Å². The van der Waals surface area contributed by atoms with Crippen LogP contribution in [0.5, 0.6) is 0 Å². The van der Waals surface area contributed by atoms with E-state index in [1.807, 2.05) is 6.92 Å². The maximum absolute atomic E-state index is 5.07. The normalized spacial score (nSPS) is 13.2. The Morgan fingerprint density at radius 3 is 2.88 bits per heavy atom. The molecule has 0 saturated heterocycles. The highest BCUT2D eigenvalue weighted by molar-refractivity contribution is 7.78. The van der Waals surface area contributed by atoms with Crippen molar-refractivity contribution in [2.24, 2.45) is 0 Å². The van der Waals surface area contributed by atoms with E-state index in [1.54, 1.807) is 5.37 Å². The number of hydrogen-bond donors (Lipinski definition) is 0. The summed E-state index contributed by atoms with van der Waals surface area (Å²) in [5, 5.41) is 1.65. The molecule has 0 heterocycles. The van der Waals surface area contributed by atoms with Crippen LogP contribution in [-0.4, -0.2) is 18.1 Å². The summed E-state index contributed by atoms with van der Waals surface area (Å²) >= 11 is 4.60. The third kappa shape index (κ3) is 4.22. The summed E-state index contributed by atoms with van der Waals surface area (Å²) in [7, 11) is 0. The molecule has 1 atom stereocenters. The predicted octanol–water partition coefficient (Wildman–Crippen LogP) is 1.62. The molecule has 8 heavy (non-hydrogen) atoms. The third-order valence-electron chi connectivity index (χ3n) is 0.761. The van der Waals surface area contributed by atoms with Crippen molar-refractivity contribution in [3.05, 3.63) is 6.92 Å². The van der Waals surface area contributed by atoms with Crippen molar-refractivity contribution in [3.8, 4) is 0 Å². The molecule has 0 aromatic rings. The SMILES string of the molecule is [CH2]C(CC=S)OCC. The van der Waals surface area contributed by atoms with Crippen LogP contribution in [-0.2, 0) is 4.74 Å². The molecule has 0 aliphatic heterocycles. The summed E-state index contributed by atoms with van der Waals surface area (Å²) in [5.74, 6) is 0. The van der Waals surface area contributed by atoms with Crippen LogP contribution in [0, 0.1) is 6.92 Å². The maximum Gasteiger partial charge on any atom is 0.0618 e. The van der Waals surface area contributed by atoms with Gasteiger partial charge in [-0.1, -0.05) is 12.2 Å². The molecule has 0 fully saturated rings. The number of hydrogen-bond acceptors (Lipinski definition) is 2. The second kappa shape index (κ2) is 5.19. The minimum atomic E-state index is 0.0532. The lowest BCUT2D eigenvalue weighted by Crippen LogP contribution is -2.07. The van der Waals surface area contributed by atoms with E-state index in [9.17, 15) is 0 Å². The molecular weight excluding hydrogens is 120 g/mol. The first-order chi connectivity index (χ1) is 3.81. The van der Waals surface area contributed by atoms with Crippen molar-refractivity contribution >= 4 is 17.6 Å². The first-order valence-corrected chi connectivity index (χ1v) is 3.16. The average molecular weight is 131 g/mol. The highest BCUT2D eigenvalue weighted by Crippen LogP contribution is 1.92. The molecule has 1 unspecified atom stereocenters. The van der Waals surface area contributed by atoms with Gasteiger partial charge in [-0.3, -0.25) is 0 Å². The fraction of sp³-hybridized carbons (Fsp3) is 0.667. The van der Waals surface area contributed by atoms with E-state index in [0.29, 0.717) is 0 Å². The molecule has 0 aliphatic carbocycles. The van der Waals surface area contributed by atoms with Crippen LogP contribution in [0.3, 0.4) is 0 Å². The van der Waals surface area contributed by atoms with Gasteiger partial charge < -0.3 is 4.74 Å². The summed E-state index contributed by atoms with van der Waals surface area (Å²) in [6, 6.07) is 0. The Kier molecular flexibility index (Phi) is 5.22. The summed E-state index contributed by atoms with van der Waals surface area (Å²) in [6.07, 6.45) is 0.820. The Morgan fingerprint density at radius 2 is 2.50 bits per heavy atom. The Bertz CT molecular complexity index is 63.5. The molecule has 0 saturated carbocycles. The van der Waals surface area contributed by atoms with Gasteiger partial charge in [0, 0.05) is 13.0 Å². The number of ether oxygens (including phenoxy) is 1. The van der Waals surface area contributed by atoms with Crippen LogP contribution in [0.1, 0.15) is 13.3 Å². The van der Waals surface area contributed by atoms with Crippen LogP contribution in [0.2, 0.25) is 0 Å². The fourth-order valence-corrected chi connectivity index (χ4v) is 0.626. The second-order valence-corrected chi connectivity index (χ2v) is 1.81. The predicted molar refractivity (Wildman–Crippen MR) is 39.0 cm³/mol. The lowest BCUT2D eigenvalue weighted by Gasteiger charge is -2.05. The van der Waals surface area contributed by atoms with Gasteiger partial charge in [0.1, 0.15) is 0 Å². The molecule has 47 valence electrons. The fourth-order valence-electron chi connectivity index (χ4n) is 0.411. The van der Waals surface area contributed by atoms with Crippen molar-refractivity contribution < 1.29 is 4.74 Å². The number of thiocarbonyl (C=S) groups is 1. The van der Waals surface area contributed by atoms with Crippen molar-refractivity contribution in [3.63, 3.8) is 0 Å². The summed E-state index contributed by atoms with van der Waals surface area (Å²) < 4.78 is 5.07. The first-order valence-electron chi connectivity index (χ1n) is 2.69. The molecule has 0 rings (SSSR count). The summed E-state index contributed by atoms with van der Waals surface area (Å²) in [5.41, 5.74) is 0. The number of rotatable bonds is 4. The molecule has 0 bridgehead atoms. The van der Waals surface area contributed by atoms with E-state index in [4.69, 9.17) is 4.74 Å². The van der Waals surface area contributed by atoms with E-state index < -0.39 is 0 Å². The van der Waals surface area contributed by atoms with E-state index in [1.165, 1.54) is 0 Å². The van der Waals surface area contributed by atoms with Crippen LogP contribution in [0.15, 0.2) is 0 Å². The van der Waals surface area contributed by atoms with Gasteiger partial charge in [0.15, 0.2) is 0 Å². The van der Waals surface area contributed by atoms with Crippen molar-refractivity contribution in [1.82, 2.24) is 0 Å². The summed E-state index contributed by atoms with van der Waals surface area (Å²) in [4.78, 5) is 0. The van der Waals surface area contributed by atoms with E-state index in [2.05, 4.69) is 19.1 Å². The van der Waals surface area contributed by atoms with Gasteiger partial charge in [0.2, 0.25) is 0 Å². The van der Waals surface area contributed by atoms with E-state index >= 15 is 0 Å². The molecule has 0 amide bonds. The molecule has 1 radical (unpaired) electrons. The maximum atomic E-state index is 5.07. The van der Waals surface area contributed by atoms with E-state index in [-0.39, 0.29) is 6.10 Å².